The van der Waals surface area contributed by atoms with Crippen molar-refractivity contribution >= 4 is 11.4 Å². The summed E-state index contributed by atoms with van der Waals surface area (Å²) >= 11 is 0. The zero-order chi connectivity index (χ0) is 16.2. The molecule has 1 aromatic carbocycles. The molecule has 2 aliphatic rings. The van der Waals surface area contributed by atoms with Crippen LogP contribution in [-0.4, -0.2) is 36.1 Å². The van der Waals surface area contributed by atoms with Gasteiger partial charge in [-0.1, -0.05) is 12.8 Å². The highest BCUT2D eigenvalue weighted by Gasteiger charge is 2.27. The van der Waals surface area contributed by atoms with Crippen LogP contribution in [0.25, 0.3) is 0 Å². The second kappa shape index (κ2) is 7.27. The number of hydrogen-bond acceptors (Lipinski definition) is 5. The lowest BCUT2D eigenvalue weighted by Gasteiger charge is -2.39. The van der Waals surface area contributed by atoms with Gasteiger partial charge in [0.25, 0.3) is 5.69 Å². The van der Waals surface area contributed by atoms with Crippen LogP contribution in [-0.2, 0) is 0 Å². The van der Waals surface area contributed by atoms with E-state index in [-0.39, 0.29) is 16.7 Å². The molecular formula is C17H26N4O2. The van der Waals surface area contributed by atoms with E-state index < -0.39 is 0 Å². The van der Waals surface area contributed by atoms with Gasteiger partial charge < -0.3 is 16.0 Å². The number of rotatable bonds is 4. The number of piperidine rings is 1. The predicted molar refractivity (Wildman–Crippen MR) is 91.7 cm³/mol. The average Bonchev–Trinajstić information content (AvgIpc) is 2.57. The highest BCUT2D eigenvalue weighted by atomic mass is 16.6. The summed E-state index contributed by atoms with van der Waals surface area (Å²) in [5.74, 6) is 0. The molecule has 6 nitrogen and oxygen atoms in total. The Morgan fingerprint density at radius 1 is 1.13 bits per heavy atom. The van der Waals surface area contributed by atoms with Gasteiger partial charge in [-0.3, -0.25) is 10.1 Å². The number of nitrogens with one attached hydrogen (secondary N) is 1. The zero-order valence-corrected chi connectivity index (χ0v) is 13.5. The van der Waals surface area contributed by atoms with Crippen molar-refractivity contribution in [2.45, 2.75) is 56.7 Å². The smallest absolute Gasteiger partial charge is 0.269 e. The van der Waals surface area contributed by atoms with Gasteiger partial charge in [-0.05, 0) is 37.8 Å². The van der Waals surface area contributed by atoms with Crippen molar-refractivity contribution in [1.29, 1.82) is 0 Å². The standard InChI is InChI=1S/C17H26N4O2/c18-16-5-1-2-6-17(16)19-13-4-3-11-20(12-13)14-7-9-15(10-8-14)21(22)23/h7-10,13,16-17,19H,1-6,11-12,18H2/t13-,16?,17?/m0/s1. The zero-order valence-electron chi connectivity index (χ0n) is 13.5. The van der Waals surface area contributed by atoms with Crippen LogP contribution in [0.5, 0.6) is 0 Å². The first-order chi connectivity index (χ1) is 11.1. The number of nitro groups is 1. The number of nitrogens with zero attached hydrogens (tertiary/aromatic N) is 2. The Balaban J connectivity index is 1.60. The molecule has 3 rings (SSSR count). The van der Waals surface area contributed by atoms with Crippen LogP contribution in [0.2, 0.25) is 0 Å². The van der Waals surface area contributed by atoms with Crippen molar-refractivity contribution in [3.8, 4) is 0 Å². The summed E-state index contributed by atoms with van der Waals surface area (Å²) in [7, 11) is 0. The molecule has 23 heavy (non-hydrogen) atoms. The summed E-state index contributed by atoms with van der Waals surface area (Å²) in [6.45, 7) is 1.95. The minimum atomic E-state index is -0.352. The molecule has 1 aliphatic heterocycles. The van der Waals surface area contributed by atoms with E-state index in [4.69, 9.17) is 5.73 Å². The Bertz CT molecular complexity index is 534. The third-order valence-electron chi connectivity index (χ3n) is 5.12. The van der Waals surface area contributed by atoms with Gasteiger partial charge in [-0.15, -0.1) is 0 Å². The normalized spacial score (nSPS) is 28.6. The van der Waals surface area contributed by atoms with E-state index in [0.29, 0.717) is 12.1 Å². The molecule has 0 radical (unpaired) electrons. The van der Waals surface area contributed by atoms with Crippen LogP contribution < -0.4 is 16.0 Å². The highest BCUT2D eigenvalue weighted by Crippen LogP contribution is 2.24. The molecule has 2 unspecified atom stereocenters. The van der Waals surface area contributed by atoms with Gasteiger partial charge in [0.1, 0.15) is 0 Å². The topological polar surface area (TPSA) is 84.4 Å². The van der Waals surface area contributed by atoms with Gasteiger partial charge in [0.15, 0.2) is 0 Å². The SMILES string of the molecule is NC1CCCCC1N[C@H]1CCCN(c2ccc([N+](=O)[O-])cc2)C1. The van der Waals surface area contributed by atoms with Crippen LogP contribution in [0.15, 0.2) is 24.3 Å². The molecule has 1 saturated carbocycles. The number of anilines is 1. The fourth-order valence-electron chi connectivity index (χ4n) is 3.80. The third kappa shape index (κ3) is 4.00. The lowest BCUT2D eigenvalue weighted by Crippen LogP contribution is -2.55. The largest absolute Gasteiger partial charge is 0.370 e. The number of benzene rings is 1. The minimum absolute atomic E-state index is 0.147. The van der Waals surface area contributed by atoms with Gasteiger partial charge in [-0.2, -0.15) is 0 Å². The molecule has 0 bridgehead atoms. The van der Waals surface area contributed by atoms with Crippen LogP contribution in [0.4, 0.5) is 11.4 Å². The van der Waals surface area contributed by atoms with E-state index in [1.54, 1.807) is 12.1 Å². The van der Waals surface area contributed by atoms with Crippen molar-refractivity contribution in [2.24, 2.45) is 5.73 Å². The van der Waals surface area contributed by atoms with E-state index in [0.717, 1.165) is 31.6 Å². The Labute approximate surface area is 137 Å². The third-order valence-corrected chi connectivity index (χ3v) is 5.12. The Hall–Kier alpha value is -1.66. The van der Waals surface area contributed by atoms with Gasteiger partial charge in [0, 0.05) is 49.0 Å². The van der Waals surface area contributed by atoms with Crippen LogP contribution in [0, 0.1) is 10.1 Å². The molecule has 1 heterocycles. The monoisotopic (exact) mass is 318 g/mol. The average molecular weight is 318 g/mol. The summed E-state index contributed by atoms with van der Waals surface area (Å²) in [5.41, 5.74) is 7.46. The van der Waals surface area contributed by atoms with E-state index in [2.05, 4.69) is 10.2 Å². The van der Waals surface area contributed by atoms with Crippen molar-refractivity contribution in [3.05, 3.63) is 34.4 Å². The van der Waals surface area contributed by atoms with E-state index in [1.807, 2.05) is 12.1 Å². The van der Waals surface area contributed by atoms with Crippen LogP contribution >= 0.6 is 0 Å². The Kier molecular flexibility index (Phi) is 5.13. The van der Waals surface area contributed by atoms with Crippen molar-refractivity contribution < 1.29 is 4.92 Å². The first-order valence-corrected chi connectivity index (χ1v) is 8.64. The maximum absolute atomic E-state index is 10.8. The van der Waals surface area contributed by atoms with Gasteiger partial charge in [0.2, 0.25) is 0 Å². The molecule has 3 atom stereocenters. The summed E-state index contributed by atoms with van der Waals surface area (Å²) in [4.78, 5) is 12.7. The molecule has 126 valence electrons. The molecular weight excluding hydrogens is 292 g/mol. The first kappa shape index (κ1) is 16.2. The maximum Gasteiger partial charge on any atom is 0.269 e. The second-order valence-corrected chi connectivity index (χ2v) is 6.78. The molecule has 0 spiro atoms. The summed E-state index contributed by atoms with van der Waals surface area (Å²) in [6, 6.07) is 8.05. The lowest BCUT2D eigenvalue weighted by atomic mass is 9.89. The van der Waals surface area contributed by atoms with Gasteiger partial charge in [-0.25, -0.2) is 0 Å². The number of non-ortho nitro benzene ring substituents is 1. The minimum Gasteiger partial charge on any atom is -0.370 e. The van der Waals surface area contributed by atoms with Crippen LogP contribution in [0.3, 0.4) is 0 Å². The molecule has 0 amide bonds. The Morgan fingerprint density at radius 2 is 1.87 bits per heavy atom. The van der Waals surface area contributed by atoms with E-state index in [9.17, 15) is 10.1 Å². The summed E-state index contributed by atoms with van der Waals surface area (Å²) in [5, 5.41) is 14.5. The van der Waals surface area contributed by atoms with E-state index >= 15 is 0 Å². The van der Waals surface area contributed by atoms with Crippen molar-refractivity contribution in [3.63, 3.8) is 0 Å². The molecule has 1 aromatic rings. The van der Waals surface area contributed by atoms with Crippen LogP contribution in [0.1, 0.15) is 38.5 Å². The molecule has 0 aromatic heterocycles. The Morgan fingerprint density at radius 3 is 2.57 bits per heavy atom. The first-order valence-electron chi connectivity index (χ1n) is 8.64. The molecule has 2 fully saturated rings. The number of nitro benzene ring substituents is 1. The van der Waals surface area contributed by atoms with Gasteiger partial charge in [0.05, 0.1) is 4.92 Å². The molecule has 6 heteroatoms. The summed E-state index contributed by atoms with van der Waals surface area (Å²) in [6.07, 6.45) is 7.12. The number of nitrogens with two attached hydrogens (primary N) is 1. The van der Waals surface area contributed by atoms with Crippen molar-refractivity contribution in [1.82, 2.24) is 5.32 Å². The second-order valence-electron chi connectivity index (χ2n) is 6.78. The highest BCUT2D eigenvalue weighted by molar-refractivity contribution is 5.51. The van der Waals surface area contributed by atoms with E-state index in [1.165, 1.54) is 25.7 Å². The quantitative estimate of drug-likeness (QED) is 0.658. The molecule has 3 N–H and O–H groups in total. The molecule has 1 aliphatic carbocycles. The fraction of sp³-hybridized carbons (Fsp3) is 0.647. The predicted octanol–water partition coefficient (Wildman–Crippen LogP) is 2.42. The summed E-state index contributed by atoms with van der Waals surface area (Å²) < 4.78 is 0. The lowest BCUT2D eigenvalue weighted by molar-refractivity contribution is -0.384. The fourth-order valence-corrected chi connectivity index (χ4v) is 3.80. The maximum atomic E-state index is 10.8. The van der Waals surface area contributed by atoms with Gasteiger partial charge >= 0.3 is 0 Å². The number of hydrogen-bond donors (Lipinski definition) is 2. The molecule has 1 saturated heterocycles. The van der Waals surface area contributed by atoms with Crippen molar-refractivity contribution in [2.75, 3.05) is 18.0 Å².